The largest absolute Gasteiger partial charge is 0.459 e. The van der Waals surface area contributed by atoms with Crippen molar-refractivity contribution in [2.75, 3.05) is 18.6 Å². The minimum absolute atomic E-state index is 0.103. The Morgan fingerprint density at radius 3 is 2.90 bits per heavy atom. The van der Waals surface area contributed by atoms with Gasteiger partial charge in [-0.15, -0.1) is 11.3 Å². The molecular weight excluding hydrogens is 308 g/mol. The van der Waals surface area contributed by atoms with Crippen molar-refractivity contribution in [3.63, 3.8) is 0 Å². The summed E-state index contributed by atoms with van der Waals surface area (Å²) in [6, 6.07) is 3.95. The molecule has 0 radical (unpaired) electrons. The maximum atomic E-state index is 11.5. The molecule has 1 aliphatic heterocycles. The summed E-state index contributed by atoms with van der Waals surface area (Å²) in [5.41, 5.74) is 0.954. The van der Waals surface area contributed by atoms with Crippen LogP contribution in [0, 0.1) is 6.92 Å². The number of thiazole rings is 1. The van der Waals surface area contributed by atoms with Crippen LogP contribution in [0.15, 0.2) is 21.9 Å². The topological polar surface area (TPSA) is 63.4 Å². The lowest BCUT2D eigenvalue weighted by Gasteiger charge is -2.21. The molecule has 21 heavy (non-hydrogen) atoms. The number of rotatable bonds is 4. The summed E-state index contributed by atoms with van der Waals surface area (Å²) in [7, 11) is -0.882. The maximum Gasteiger partial charge on any atom is 0.162 e. The monoisotopic (exact) mass is 326 g/mol. The van der Waals surface area contributed by atoms with Gasteiger partial charge in [-0.05, 0) is 32.5 Å². The first-order valence-electron chi connectivity index (χ1n) is 6.85. The highest BCUT2D eigenvalue weighted by atomic mass is 32.2. The molecule has 0 unspecified atom stereocenters. The molecule has 3 heterocycles. The number of sulfone groups is 1. The molecule has 0 N–H and O–H groups in total. The summed E-state index contributed by atoms with van der Waals surface area (Å²) in [5, 5.41) is 2.87. The van der Waals surface area contributed by atoms with E-state index in [9.17, 15) is 8.42 Å². The highest BCUT2D eigenvalue weighted by Gasteiger charge is 2.30. The molecule has 0 spiro atoms. The number of hydrogen-bond acceptors (Lipinski definition) is 6. The van der Waals surface area contributed by atoms with E-state index in [4.69, 9.17) is 4.42 Å². The fourth-order valence-corrected chi connectivity index (χ4v) is 5.13. The van der Waals surface area contributed by atoms with Crippen molar-refractivity contribution in [2.45, 2.75) is 25.9 Å². The van der Waals surface area contributed by atoms with Gasteiger partial charge in [-0.3, -0.25) is 4.90 Å². The van der Waals surface area contributed by atoms with Gasteiger partial charge in [-0.1, -0.05) is 0 Å². The summed E-state index contributed by atoms with van der Waals surface area (Å²) >= 11 is 1.55. The van der Waals surface area contributed by atoms with Crippen LogP contribution in [0.1, 0.15) is 17.9 Å². The summed E-state index contributed by atoms with van der Waals surface area (Å²) in [5.74, 6) is 2.22. The zero-order valence-electron chi connectivity index (χ0n) is 12.1. The molecule has 0 amide bonds. The molecule has 3 rings (SSSR count). The van der Waals surface area contributed by atoms with Crippen molar-refractivity contribution in [1.82, 2.24) is 9.88 Å². The zero-order valence-corrected chi connectivity index (χ0v) is 13.7. The predicted molar refractivity (Wildman–Crippen MR) is 83.1 cm³/mol. The van der Waals surface area contributed by atoms with Crippen molar-refractivity contribution in [3.8, 4) is 10.8 Å². The maximum absolute atomic E-state index is 11.5. The van der Waals surface area contributed by atoms with E-state index in [0.717, 1.165) is 22.2 Å². The van der Waals surface area contributed by atoms with Crippen LogP contribution in [0.2, 0.25) is 0 Å². The van der Waals surface area contributed by atoms with Crippen LogP contribution in [-0.4, -0.2) is 42.9 Å². The van der Waals surface area contributed by atoms with Gasteiger partial charge in [0.05, 0.1) is 17.2 Å². The summed E-state index contributed by atoms with van der Waals surface area (Å²) in [6.45, 7) is 2.57. The number of hydrogen-bond donors (Lipinski definition) is 0. The number of nitrogens with zero attached hydrogens (tertiary/aromatic N) is 2. The van der Waals surface area contributed by atoms with Crippen LogP contribution in [-0.2, 0) is 16.4 Å². The van der Waals surface area contributed by atoms with Crippen molar-refractivity contribution < 1.29 is 12.8 Å². The van der Waals surface area contributed by atoms with E-state index in [0.29, 0.717) is 18.7 Å². The van der Waals surface area contributed by atoms with Crippen molar-refractivity contribution >= 4 is 21.2 Å². The fraction of sp³-hybridized carbons (Fsp3) is 0.500. The van der Waals surface area contributed by atoms with Gasteiger partial charge >= 0.3 is 0 Å². The molecule has 114 valence electrons. The lowest BCUT2D eigenvalue weighted by Crippen LogP contribution is -2.32. The van der Waals surface area contributed by atoms with Crippen molar-refractivity contribution in [2.24, 2.45) is 0 Å². The molecule has 0 saturated carbocycles. The Morgan fingerprint density at radius 1 is 1.48 bits per heavy atom. The van der Waals surface area contributed by atoms with Gasteiger partial charge in [0, 0.05) is 18.0 Å². The van der Waals surface area contributed by atoms with Gasteiger partial charge in [-0.2, -0.15) is 0 Å². The molecule has 1 saturated heterocycles. The Morgan fingerprint density at radius 2 is 2.29 bits per heavy atom. The molecule has 1 aliphatic rings. The highest BCUT2D eigenvalue weighted by molar-refractivity contribution is 7.91. The Hall–Kier alpha value is -1.18. The summed E-state index contributed by atoms with van der Waals surface area (Å²) in [4.78, 5) is 6.66. The zero-order chi connectivity index (χ0) is 15.0. The molecule has 1 fully saturated rings. The molecule has 2 aromatic rings. The average Bonchev–Trinajstić information content (AvgIpc) is 3.09. The lowest BCUT2D eigenvalue weighted by atomic mass is 10.2. The Kier molecular flexibility index (Phi) is 3.90. The minimum atomic E-state index is -2.84. The molecule has 0 aliphatic carbocycles. The average molecular weight is 326 g/mol. The summed E-state index contributed by atoms with van der Waals surface area (Å²) in [6.07, 6.45) is 0.715. The van der Waals surface area contributed by atoms with Gasteiger partial charge in [0.15, 0.2) is 20.6 Å². The van der Waals surface area contributed by atoms with E-state index in [-0.39, 0.29) is 11.8 Å². The smallest absolute Gasteiger partial charge is 0.162 e. The van der Waals surface area contributed by atoms with E-state index in [1.54, 1.807) is 11.3 Å². The molecule has 5 nitrogen and oxygen atoms in total. The number of aromatic nitrogens is 1. The third-order valence-electron chi connectivity index (χ3n) is 3.75. The number of furan rings is 1. The van der Waals surface area contributed by atoms with E-state index in [2.05, 4.69) is 9.88 Å². The van der Waals surface area contributed by atoms with Crippen molar-refractivity contribution in [3.05, 3.63) is 29.0 Å². The second kappa shape index (κ2) is 5.55. The van der Waals surface area contributed by atoms with Crippen LogP contribution in [0.5, 0.6) is 0 Å². The second-order valence-electron chi connectivity index (χ2n) is 5.53. The highest BCUT2D eigenvalue weighted by Crippen LogP contribution is 2.26. The van der Waals surface area contributed by atoms with E-state index in [1.807, 2.05) is 31.5 Å². The fourth-order valence-electron chi connectivity index (χ4n) is 2.55. The van der Waals surface area contributed by atoms with E-state index in [1.165, 1.54) is 0 Å². The SMILES string of the molecule is Cc1ccc(-c2nc(CN(C)[C@H]3CCS(=O)(=O)C3)cs2)o1. The van der Waals surface area contributed by atoms with Gasteiger partial charge < -0.3 is 4.42 Å². The van der Waals surface area contributed by atoms with Crippen LogP contribution in [0.25, 0.3) is 10.8 Å². The van der Waals surface area contributed by atoms with Crippen LogP contribution in [0.4, 0.5) is 0 Å². The molecule has 0 bridgehead atoms. The minimum Gasteiger partial charge on any atom is -0.459 e. The van der Waals surface area contributed by atoms with Crippen LogP contribution >= 0.6 is 11.3 Å². The van der Waals surface area contributed by atoms with E-state index < -0.39 is 9.84 Å². The van der Waals surface area contributed by atoms with Gasteiger partial charge in [-0.25, -0.2) is 13.4 Å². The van der Waals surface area contributed by atoms with Gasteiger partial charge in [0.1, 0.15) is 5.76 Å². The molecule has 0 aromatic carbocycles. The quantitative estimate of drug-likeness (QED) is 0.863. The Labute approximate surface area is 128 Å². The van der Waals surface area contributed by atoms with Crippen LogP contribution < -0.4 is 0 Å². The standard InChI is InChI=1S/C14H18N2O3S2/c1-10-3-4-13(19-10)14-15-11(8-20-14)7-16(2)12-5-6-21(17,18)9-12/h3-4,8,12H,5-7,9H2,1-2H3/t12-/m0/s1. The normalized spacial score (nSPS) is 21.2. The van der Waals surface area contributed by atoms with Gasteiger partial charge in [0.25, 0.3) is 0 Å². The van der Waals surface area contributed by atoms with Crippen LogP contribution in [0.3, 0.4) is 0 Å². The predicted octanol–water partition coefficient (Wildman–Crippen LogP) is 2.33. The third-order valence-corrected chi connectivity index (χ3v) is 6.40. The number of aryl methyl sites for hydroxylation is 1. The molecule has 7 heteroatoms. The van der Waals surface area contributed by atoms with Gasteiger partial charge in [0.2, 0.25) is 0 Å². The van der Waals surface area contributed by atoms with Crippen molar-refractivity contribution in [1.29, 1.82) is 0 Å². The molecular formula is C14H18N2O3S2. The summed E-state index contributed by atoms with van der Waals surface area (Å²) < 4.78 is 28.6. The lowest BCUT2D eigenvalue weighted by molar-refractivity contribution is 0.251. The second-order valence-corrected chi connectivity index (χ2v) is 8.61. The first-order chi connectivity index (χ1) is 9.93. The Balaban J connectivity index is 1.67. The molecule has 2 aromatic heterocycles. The first-order valence-corrected chi connectivity index (χ1v) is 9.55. The molecule has 1 atom stereocenters. The first kappa shape index (κ1) is 14.7. The van der Waals surface area contributed by atoms with E-state index >= 15 is 0 Å². The Bertz CT molecular complexity index is 733. The third kappa shape index (κ3) is 3.36.